The number of allylic oxidation sites excluding steroid dienone is 1. The van der Waals surface area contributed by atoms with Crippen LogP contribution in [0, 0.1) is 28.6 Å². The van der Waals surface area contributed by atoms with Crippen LogP contribution in [0.15, 0.2) is 29.0 Å². The largest absolute Gasteiger partial charge is 0.385 e. The van der Waals surface area contributed by atoms with Crippen molar-refractivity contribution in [1.82, 2.24) is 0 Å². The zero-order valence-electron chi connectivity index (χ0n) is 16.9. The van der Waals surface area contributed by atoms with Crippen molar-refractivity contribution in [3.05, 3.63) is 29.0 Å². The molecular formula is C24H34O2. The van der Waals surface area contributed by atoms with Gasteiger partial charge < -0.3 is 5.11 Å². The average Bonchev–Trinajstić information content (AvgIpc) is 2.85. The van der Waals surface area contributed by atoms with Gasteiger partial charge in [-0.3, -0.25) is 4.79 Å². The summed E-state index contributed by atoms with van der Waals surface area (Å²) in [6, 6.07) is 0. The minimum Gasteiger partial charge on any atom is -0.385 e. The molecule has 0 amide bonds. The van der Waals surface area contributed by atoms with E-state index in [9.17, 15) is 9.90 Å². The molecule has 0 radical (unpaired) electrons. The van der Waals surface area contributed by atoms with Crippen LogP contribution in [0.5, 0.6) is 0 Å². The van der Waals surface area contributed by atoms with Crippen molar-refractivity contribution in [1.29, 1.82) is 0 Å². The lowest BCUT2D eigenvalue weighted by molar-refractivity contribution is -0.127. The lowest BCUT2D eigenvalue weighted by Crippen LogP contribution is -2.56. The summed E-state index contributed by atoms with van der Waals surface area (Å²) in [5.41, 5.74) is 5.43. The second-order valence-electron chi connectivity index (χ2n) is 10.2. The van der Waals surface area contributed by atoms with E-state index in [2.05, 4.69) is 19.6 Å². The third-order valence-electron chi connectivity index (χ3n) is 8.77. The van der Waals surface area contributed by atoms with E-state index in [0.717, 1.165) is 44.1 Å². The number of rotatable bonds is 1. The molecule has 0 spiro atoms. The molecule has 0 aliphatic heterocycles. The molecule has 142 valence electrons. The van der Waals surface area contributed by atoms with E-state index in [1.54, 1.807) is 0 Å². The number of carbonyl (C=O) groups excluding carboxylic acids is 1. The van der Waals surface area contributed by atoms with Crippen molar-refractivity contribution in [3.63, 3.8) is 0 Å². The van der Waals surface area contributed by atoms with Crippen LogP contribution in [0.1, 0.15) is 79.1 Å². The van der Waals surface area contributed by atoms with Gasteiger partial charge in [0, 0.05) is 11.8 Å². The molecule has 0 bridgehead atoms. The Bertz CT molecular complexity index is 720. The van der Waals surface area contributed by atoms with E-state index in [1.807, 2.05) is 26.0 Å². The van der Waals surface area contributed by atoms with Crippen LogP contribution < -0.4 is 0 Å². The molecule has 0 heterocycles. The highest BCUT2D eigenvalue weighted by Gasteiger charge is 2.64. The average molecular weight is 355 g/mol. The first kappa shape index (κ1) is 18.3. The van der Waals surface area contributed by atoms with Crippen LogP contribution in [0.3, 0.4) is 0 Å². The molecule has 0 aromatic rings. The number of aliphatic hydroxyl groups is 1. The fourth-order valence-electron chi connectivity index (χ4n) is 7.16. The monoisotopic (exact) mass is 354 g/mol. The molecule has 4 aliphatic rings. The first-order valence-electron chi connectivity index (χ1n) is 10.6. The highest BCUT2D eigenvalue weighted by molar-refractivity contribution is 5.91. The number of hydrogen-bond acceptors (Lipinski definition) is 2. The zero-order valence-corrected chi connectivity index (χ0v) is 16.9. The molecule has 4 rings (SSSR count). The van der Waals surface area contributed by atoms with Gasteiger partial charge in [-0.15, -0.1) is 5.73 Å². The van der Waals surface area contributed by atoms with Crippen LogP contribution in [-0.2, 0) is 4.79 Å². The summed E-state index contributed by atoms with van der Waals surface area (Å²) in [4.78, 5) is 11.9. The van der Waals surface area contributed by atoms with Crippen molar-refractivity contribution >= 4 is 5.78 Å². The Kier molecular flexibility index (Phi) is 4.18. The molecule has 3 fully saturated rings. The van der Waals surface area contributed by atoms with E-state index in [4.69, 9.17) is 0 Å². The maximum Gasteiger partial charge on any atom is 0.155 e. The zero-order chi connectivity index (χ0) is 18.7. The lowest BCUT2D eigenvalue weighted by Gasteiger charge is -2.60. The molecular weight excluding hydrogens is 320 g/mol. The van der Waals surface area contributed by atoms with E-state index >= 15 is 0 Å². The van der Waals surface area contributed by atoms with Gasteiger partial charge in [-0.25, -0.2) is 0 Å². The Hall–Kier alpha value is -1.11. The summed E-state index contributed by atoms with van der Waals surface area (Å²) in [7, 11) is 0. The van der Waals surface area contributed by atoms with Crippen LogP contribution >= 0.6 is 0 Å². The maximum absolute atomic E-state index is 11.9. The van der Waals surface area contributed by atoms with E-state index < -0.39 is 5.60 Å². The Labute approximate surface area is 158 Å². The van der Waals surface area contributed by atoms with Crippen LogP contribution in [0.25, 0.3) is 0 Å². The van der Waals surface area contributed by atoms with Crippen molar-refractivity contribution in [2.75, 3.05) is 0 Å². The molecule has 3 saturated carbocycles. The maximum atomic E-state index is 11.9. The SMILES string of the molecule is CC(C)=C=C[C@]1(O)CC[C@H]2[C@@H]3CCC4=CC(=O)CC[C@@H]4[C@@]3(C)CC[C@@]21C. The highest BCUT2D eigenvalue weighted by Crippen LogP contribution is 2.69. The molecule has 2 nitrogen and oxygen atoms in total. The fourth-order valence-corrected chi connectivity index (χ4v) is 7.16. The van der Waals surface area contributed by atoms with Gasteiger partial charge in [0.2, 0.25) is 0 Å². The summed E-state index contributed by atoms with van der Waals surface area (Å²) in [5.74, 6) is 2.18. The summed E-state index contributed by atoms with van der Waals surface area (Å²) >= 11 is 0. The molecule has 0 aromatic heterocycles. The van der Waals surface area contributed by atoms with E-state index in [0.29, 0.717) is 29.0 Å². The first-order chi connectivity index (χ1) is 12.2. The predicted octanol–water partition coefficient (Wildman–Crippen LogP) is 5.37. The van der Waals surface area contributed by atoms with Gasteiger partial charge in [-0.05, 0) is 99.7 Å². The Morgan fingerprint density at radius 3 is 2.62 bits per heavy atom. The fraction of sp³-hybridized carbons (Fsp3) is 0.750. The highest BCUT2D eigenvalue weighted by atomic mass is 16.3. The summed E-state index contributed by atoms with van der Waals surface area (Å²) in [5, 5.41) is 11.5. The number of fused-ring (bicyclic) bond motifs is 5. The van der Waals surface area contributed by atoms with Crippen molar-refractivity contribution in [2.24, 2.45) is 28.6 Å². The lowest BCUT2D eigenvalue weighted by atomic mass is 9.44. The molecule has 4 aliphatic carbocycles. The number of carbonyl (C=O) groups is 1. The number of ketones is 1. The van der Waals surface area contributed by atoms with Gasteiger partial charge in [-0.2, -0.15) is 0 Å². The van der Waals surface area contributed by atoms with E-state index in [-0.39, 0.29) is 5.41 Å². The van der Waals surface area contributed by atoms with Gasteiger partial charge in [-0.1, -0.05) is 19.4 Å². The first-order valence-corrected chi connectivity index (χ1v) is 10.6. The molecule has 0 aromatic carbocycles. The third kappa shape index (κ3) is 2.45. The quantitative estimate of drug-likeness (QED) is 0.643. The second kappa shape index (κ2) is 5.94. The van der Waals surface area contributed by atoms with Gasteiger partial charge in [0.15, 0.2) is 5.78 Å². The van der Waals surface area contributed by atoms with Crippen LogP contribution in [-0.4, -0.2) is 16.5 Å². The van der Waals surface area contributed by atoms with Crippen molar-refractivity contribution in [3.8, 4) is 0 Å². The van der Waals surface area contributed by atoms with Gasteiger partial charge in [0.1, 0.15) is 0 Å². The van der Waals surface area contributed by atoms with Crippen molar-refractivity contribution < 1.29 is 9.90 Å². The Balaban J connectivity index is 1.69. The molecule has 0 unspecified atom stereocenters. The molecule has 6 atom stereocenters. The Morgan fingerprint density at radius 1 is 1.12 bits per heavy atom. The molecule has 0 saturated heterocycles. The minimum atomic E-state index is -0.713. The molecule has 1 N–H and O–H groups in total. The van der Waals surface area contributed by atoms with Gasteiger partial charge >= 0.3 is 0 Å². The van der Waals surface area contributed by atoms with Crippen LogP contribution in [0.4, 0.5) is 0 Å². The minimum absolute atomic E-state index is 0.0364. The normalized spacial score (nSPS) is 47.2. The topological polar surface area (TPSA) is 37.3 Å². The number of hydrogen-bond donors (Lipinski definition) is 1. The van der Waals surface area contributed by atoms with Gasteiger partial charge in [0.25, 0.3) is 0 Å². The van der Waals surface area contributed by atoms with Crippen LogP contribution in [0.2, 0.25) is 0 Å². The summed E-state index contributed by atoms with van der Waals surface area (Å²) in [6.45, 7) is 8.93. The van der Waals surface area contributed by atoms with E-state index in [1.165, 1.54) is 18.4 Å². The Morgan fingerprint density at radius 2 is 1.88 bits per heavy atom. The predicted molar refractivity (Wildman–Crippen MR) is 105 cm³/mol. The summed E-state index contributed by atoms with van der Waals surface area (Å²) in [6.07, 6.45) is 12.3. The third-order valence-corrected chi connectivity index (χ3v) is 8.77. The smallest absolute Gasteiger partial charge is 0.155 e. The molecule has 2 heteroatoms. The molecule has 26 heavy (non-hydrogen) atoms. The standard InChI is InChI=1S/C24H34O2/c1-16(2)9-11-24(26)12-10-21-20-7-5-17-15-18(25)6-8-19(17)22(20,3)13-14-23(21,24)4/h11,15,19-21,26H,5-8,10,12-14H2,1-4H3/t19-,20-,21-,22+,23-,24-/m0/s1. The summed E-state index contributed by atoms with van der Waals surface area (Å²) < 4.78 is 0. The van der Waals surface area contributed by atoms with Crippen molar-refractivity contribution in [2.45, 2.75) is 84.7 Å². The van der Waals surface area contributed by atoms with Gasteiger partial charge in [0.05, 0.1) is 5.60 Å². The second-order valence-corrected chi connectivity index (χ2v) is 10.2.